The van der Waals surface area contributed by atoms with E-state index in [9.17, 15) is 42.7 Å². The van der Waals surface area contributed by atoms with Crippen molar-refractivity contribution in [3.05, 3.63) is 217 Å². The highest BCUT2D eigenvalue weighted by molar-refractivity contribution is 9.10. The number of pyridine rings is 8. The van der Waals surface area contributed by atoms with Gasteiger partial charge in [-0.1, -0.05) is 138 Å². The third-order valence-electron chi connectivity index (χ3n) is 18.1. The second-order valence-electron chi connectivity index (χ2n) is 26.8. The van der Waals surface area contributed by atoms with Gasteiger partial charge in [-0.15, -0.1) is 20.4 Å². The molecule has 0 unspecified atom stereocenters. The summed E-state index contributed by atoms with van der Waals surface area (Å²) in [7, 11) is 7.64. The number of ether oxygens (including phenoxy) is 5. The predicted molar refractivity (Wildman–Crippen MR) is 459 cm³/mol. The molecule has 3 aliphatic rings. The number of halogens is 11. The molecule has 39 nitrogen and oxygen atoms in total. The van der Waals surface area contributed by atoms with E-state index in [4.69, 9.17) is 122 Å². The Bertz CT molecular complexity index is 5870. The molecular weight excluding hydrogens is 1940 g/mol. The van der Waals surface area contributed by atoms with E-state index < -0.39 is 72.4 Å². The number of carboxylic acid groups (broad SMARTS) is 2. The van der Waals surface area contributed by atoms with Gasteiger partial charge in [-0.2, -0.15) is 0 Å². The number of carbonyl (C=O) groups excluding carboxylic acids is 6. The van der Waals surface area contributed by atoms with Crippen LogP contribution in [0, 0.1) is 5.41 Å². The largest absolute Gasteiger partial charge is 0.478 e. The lowest BCUT2D eigenvalue weighted by atomic mass is 9.41. The zero-order chi connectivity index (χ0) is 91.1. The zero-order valence-electron chi connectivity index (χ0n) is 66.0. The molecule has 15 rings (SSSR count). The average molecular weight is 2000 g/mol. The number of amides is 4. The van der Waals surface area contributed by atoms with Gasteiger partial charge in [0.15, 0.2) is 50.7 Å². The number of hydrogen-bond donors (Lipinski definition) is 6. The fourth-order valence-electron chi connectivity index (χ4n) is 12.1. The van der Waals surface area contributed by atoms with Crippen LogP contribution in [-0.2, 0) is 51.9 Å². The Balaban J connectivity index is 0.000000169. The molecule has 3 saturated carbocycles. The van der Waals surface area contributed by atoms with E-state index in [1.807, 2.05) is 0 Å². The molecule has 6 N–H and O–H groups in total. The Labute approximate surface area is 763 Å². The molecule has 652 valence electrons. The Morgan fingerprint density at radius 3 is 1.00 bits per heavy atom. The van der Waals surface area contributed by atoms with Crippen molar-refractivity contribution in [3.8, 4) is 34.2 Å². The summed E-state index contributed by atoms with van der Waals surface area (Å²) in [5, 5.41) is 60.2. The molecular formula is C75H65Br2Cl8FN24O15. The molecule has 4 atom stereocenters. The maximum atomic E-state index is 13.8. The molecule has 50 heteroatoms. The van der Waals surface area contributed by atoms with Crippen LogP contribution in [0.15, 0.2) is 131 Å². The van der Waals surface area contributed by atoms with E-state index in [2.05, 4.69) is 139 Å². The standard InChI is InChI=1S/C23H21Cl2FN6O3.2C17H14Cl2N6O4.C11H11BrClN5O2.C7H5BrClNO2/c1-12(13-4-3-7-27-18(13)24)35-21(34)29-20-17(30-31-32(20)2)15-6-5-14(19(25)28-15)16(33)8-22-9-23(26,10-22)11-22;2*1-8(9-4-3-7-20-13(9)18)29-17(28)22-15-12(23-24-25(15)2)11-6-5-10(16(26)27)14(19)21-11;1-6(7-4-3-5-14-9(7)13)20-11(19)15-10-8(12)16-17-18(10)2;1-12-7(11)4-2-3-5(8)10-6(4)9/h3-7,12H,8-11H2,1-2H3,(H,29,34);2*3-8H,1-2H3,(H,22,28)(H,26,27);3-6H,1-2H3,(H,15,19);2-3H,1H3/t12-,22?,23?;2*8-;6-;/m1111./s1. The van der Waals surface area contributed by atoms with Crippen LogP contribution in [0.1, 0.15) is 141 Å². The normalized spacial score (nSPS) is 14.8. The third kappa shape index (κ3) is 24.2. The van der Waals surface area contributed by atoms with Gasteiger partial charge in [-0.3, -0.25) is 26.1 Å². The maximum Gasteiger partial charge on any atom is 0.413 e. The van der Waals surface area contributed by atoms with Gasteiger partial charge in [0.1, 0.15) is 75.9 Å². The number of carbonyl (C=O) groups is 8. The Hall–Kier alpha value is -11.9. The van der Waals surface area contributed by atoms with E-state index in [1.54, 1.807) is 135 Å². The first-order chi connectivity index (χ1) is 59.3. The van der Waals surface area contributed by atoms with Gasteiger partial charge in [0, 0.05) is 81.7 Å². The molecule has 0 spiro atoms. The Kier molecular flexibility index (Phi) is 32.2. The number of Topliss-reactive ketones (excluding diaryl/α,β-unsaturated/α-hetero) is 1. The number of anilines is 4. The van der Waals surface area contributed by atoms with Crippen LogP contribution in [0.3, 0.4) is 0 Å². The molecule has 12 aromatic rings. The highest BCUT2D eigenvalue weighted by Crippen LogP contribution is 2.71. The number of nitrogens with one attached hydrogen (secondary N) is 4. The molecule has 12 heterocycles. The number of carboxylic acids is 2. The lowest BCUT2D eigenvalue weighted by Crippen LogP contribution is -2.64. The van der Waals surface area contributed by atoms with Gasteiger partial charge in [0.25, 0.3) is 0 Å². The molecule has 0 aliphatic heterocycles. The van der Waals surface area contributed by atoms with Crippen LogP contribution in [0.4, 0.5) is 46.8 Å². The third-order valence-corrected chi connectivity index (χ3v) is 21.4. The van der Waals surface area contributed by atoms with E-state index in [-0.39, 0.29) is 122 Å². The number of methoxy groups -OCH3 is 1. The van der Waals surface area contributed by atoms with E-state index in [1.165, 1.54) is 68.7 Å². The fourth-order valence-corrected chi connectivity index (χ4v) is 15.0. The Morgan fingerprint density at radius 2 is 0.720 bits per heavy atom. The SMILES string of the molecule is COC(=O)c1ccc(Br)nc1Cl.C[C@@H](OC(=O)Nc1c(-c2ccc(C(=O)CC34CC(F)(C3)C4)c(Cl)n2)nnn1C)c1cccnc1Cl.C[C@@H](OC(=O)Nc1c(-c2ccc(C(=O)O)c(Cl)n2)nnn1C)c1cccnc1Cl.C[C@@H](OC(=O)Nc1c(-c2ccc(C(=O)O)c(Cl)n2)nnn1C)c1cccnc1Cl.C[C@@H](OC(=O)Nc1c(Br)nnn1C)c1cccnc1Cl. The number of alkyl halides is 1. The van der Waals surface area contributed by atoms with E-state index in [0.29, 0.717) is 67.4 Å². The first-order valence-corrected chi connectivity index (χ1v) is 40.5. The summed E-state index contributed by atoms with van der Waals surface area (Å²) in [6.07, 6.45) is 2.25. The van der Waals surface area contributed by atoms with E-state index >= 15 is 0 Å². The summed E-state index contributed by atoms with van der Waals surface area (Å²) in [4.78, 5) is 127. The van der Waals surface area contributed by atoms with Crippen molar-refractivity contribution in [1.82, 2.24) is 99.8 Å². The van der Waals surface area contributed by atoms with Crippen molar-refractivity contribution in [2.45, 2.75) is 83.5 Å². The number of hydrogen-bond acceptors (Lipinski definition) is 29. The second-order valence-corrected chi connectivity index (χ2v) is 31.2. The van der Waals surface area contributed by atoms with Crippen LogP contribution in [0.5, 0.6) is 0 Å². The van der Waals surface area contributed by atoms with E-state index in [0.717, 1.165) is 0 Å². The van der Waals surface area contributed by atoms with Crippen molar-refractivity contribution < 1.29 is 76.6 Å². The highest BCUT2D eigenvalue weighted by atomic mass is 79.9. The number of rotatable bonds is 21. The molecule has 0 aromatic carbocycles. The summed E-state index contributed by atoms with van der Waals surface area (Å²) in [6.45, 7) is 6.68. The van der Waals surface area contributed by atoms with Crippen molar-refractivity contribution in [2.75, 3.05) is 28.4 Å². The first-order valence-electron chi connectivity index (χ1n) is 35.9. The number of nitrogens with zero attached hydrogens (tertiary/aromatic N) is 20. The average Bonchev–Trinajstić information content (AvgIpc) is 1.31. The molecule has 4 amide bonds. The van der Waals surface area contributed by atoms with Crippen LogP contribution in [0.25, 0.3) is 34.2 Å². The van der Waals surface area contributed by atoms with Crippen LogP contribution in [0.2, 0.25) is 41.2 Å². The van der Waals surface area contributed by atoms with Gasteiger partial charge in [0.2, 0.25) is 0 Å². The molecule has 125 heavy (non-hydrogen) atoms. The van der Waals surface area contributed by atoms with Gasteiger partial charge in [-0.05, 0) is 157 Å². The molecule has 3 fully saturated rings. The molecule has 0 radical (unpaired) electrons. The maximum absolute atomic E-state index is 13.8. The first kappa shape index (κ1) is 95.4. The number of aromatic nitrogens is 20. The number of aryl methyl sites for hydroxylation is 4. The van der Waals surface area contributed by atoms with Crippen molar-refractivity contribution >= 4 is 196 Å². The minimum absolute atomic E-state index is 0.00748. The topological polar surface area (TPSA) is 497 Å². The summed E-state index contributed by atoms with van der Waals surface area (Å²) in [5.74, 6) is -2.07. The van der Waals surface area contributed by atoms with Gasteiger partial charge in [-0.25, -0.2) is 96.6 Å². The number of aromatic carboxylic acids is 2. The zero-order valence-corrected chi connectivity index (χ0v) is 75.2. The summed E-state index contributed by atoms with van der Waals surface area (Å²) >= 11 is 54.2. The fraction of sp³-hybridized carbons (Fsp3) is 0.253. The van der Waals surface area contributed by atoms with Crippen LogP contribution >= 0.6 is 125 Å². The lowest BCUT2D eigenvalue weighted by Gasteiger charge is -2.65. The quantitative estimate of drug-likeness (QED) is 0.0168. The van der Waals surface area contributed by atoms with Crippen molar-refractivity contribution in [2.24, 2.45) is 33.6 Å². The Morgan fingerprint density at radius 1 is 0.424 bits per heavy atom. The molecule has 0 saturated heterocycles. The minimum atomic E-state index is -1.21. The summed E-state index contributed by atoms with van der Waals surface area (Å²) in [5.41, 5.74) is 2.61. The molecule has 2 bridgehead atoms. The smallest absolute Gasteiger partial charge is 0.413 e. The minimum Gasteiger partial charge on any atom is -0.478 e. The van der Waals surface area contributed by atoms with Crippen LogP contribution in [-0.4, -0.2) is 171 Å². The molecule has 3 aliphatic carbocycles. The number of esters is 1. The summed E-state index contributed by atoms with van der Waals surface area (Å²) < 4.78 is 46.0. The monoisotopic (exact) mass is 2000 g/mol. The van der Waals surface area contributed by atoms with Gasteiger partial charge < -0.3 is 33.9 Å². The van der Waals surface area contributed by atoms with Crippen LogP contribution < -0.4 is 21.3 Å². The highest BCUT2D eigenvalue weighted by Gasteiger charge is 2.69. The van der Waals surface area contributed by atoms with Crippen molar-refractivity contribution in [3.63, 3.8) is 0 Å². The van der Waals surface area contributed by atoms with Gasteiger partial charge >= 0.3 is 42.3 Å². The summed E-state index contributed by atoms with van der Waals surface area (Å²) in [6, 6.07) is 25.3. The predicted octanol–water partition coefficient (Wildman–Crippen LogP) is 17.7. The lowest BCUT2D eigenvalue weighted by molar-refractivity contribution is -0.210. The van der Waals surface area contributed by atoms with Crippen molar-refractivity contribution in [1.29, 1.82) is 0 Å². The molecule has 12 aromatic heterocycles. The second kappa shape index (κ2) is 42.2. The van der Waals surface area contributed by atoms with Gasteiger partial charge in [0.05, 0.1) is 46.4 Å². The number of ketones is 1.